The Morgan fingerprint density at radius 1 is 1.47 bits per heavy atom. The number of nitrogens with zero attached hydrogens (tertiary/aromatic N) is 2. The van der Waals surface area contributed by atoms with Crippen LogP contribution in [0.4, 0.5) is 5.82 Å². The molecule has 7 heteroatoms. The standard InChI is InChI=1S/C12H17N5O2/c1-2-3-13-10-7-14-9(6-15-10)12(19)17-8-4-11(18)16-5-8/h6-8H,2-5H2,1H3,(H,13,15)(H,16,18)(H,17,19). The summed E-state index contributed by atoms with van der Waals surface area (Å²) >= 11 is 0. The van der Waals surface area contributed by atoms with Crippen molar-refractivity contribution in [3.63, 3.8) is 0 Å². The summed E-state index contributed by atoms with van der Waals surface area (Å²) in [6.45, 7) is 3.34. The molecular formula is C12H17N5O2. The normalized spacial score (nSPS) is 17.9. The predicted octanol–water partition coefficient (Wildman–Crippen LogP) is -0.0832. The zero-order valence-corrected chi connectivity index (χ0v) is 10.8. The molecule has 2 heterocycles. The summed E-state index contributed by atoms with van der Waals surface area (Å²) in [5.74, 6) is 0.294. The van der Waals surface area contributed by atoms with E-state index in [1.165, 1.54) is 12.4 Å². The number of hydrogen-bond donors (Lipinski definition) is 3. The molecule has 0 aromatic carbocycles. The van der Waals surface area contributed by atoms with E-state index in [0.717, 1.165) is 13.0 Å². The van der Waals surface area contributed by atoms with E-state index in [-0.39, 0.29) is 23.6 Å². The highest BCUT2D eigenvalue weighted by Crippen LogP contribution is 2.04. The van der Waals surface area contributed by atoms with Gasteiger partial charge < -0.3 is 16.0 Å². The van der Waals surface area contributed by atoms with Crippen molar-refractivity contribution in [2.24, 2.45) is 0 Å². The molecule has 1 aromatic heterocycles. The molecule has 7 nitrogen and oxygen atoms in total. The third kappa shape index (κ3) is 3.64. The number of carbonyl (C=O) groups excluding carboxylic acids is 2. The van der Waals surface area contributed by atoms with Gasteiger partial charge >= 0.3 is 0 Å². The molecule has 1 fully saturated rings. The highest BCUT2D eigenvalue weighted by Gasteiger charge is 2.23. The van der Waals surface area contributed by atoms with Crippen molar-refractivity contribution >= 4 is 17.6 Å². The van der Waals surface area contributed by atoms with Crippen LogP contribution in [0.3, 0.4) is 0 Å². The van der Waals surface area contributed by atoms with E-state index in [9.17, 15) is 9.59 Å². The van der Waals surface area contributed by atoms with E-state index in [4.69, 9.17) is 0 Å². The smallest absolute Gasteiger partial charge is 0.271 e. The highest BCUT2D eigenvalue weighted by atomic mass is 16.2. The topological polar surface area (TPSA) is 96.0 Å². The van der Waals surface area contributed by atoms with Crippen molar-refractivity contribution in [1.82, 2.24) is 20.6 Å². The van der Waals surface area contributed by atoms with Gasteiger partial charge in [-0.15, -0.1) is 0 Å². The summed E-state index contributed by atoms with van der Waals surface area (Å²) in [6, 6.07) is -0.167. The van der Waals surface area contributed by atoms with Crippen LogP contribution in [-0.4, -0.2) is 40.9 Å². The molecule has 1 aliphatic heterocycles. The summed E-state index contributed by atoms with van der Waals surface area (Å²) in [5, 5.41) is 8.48. The Morgan fingerprint density at radius 3 is 2.89 bits per heavy atom. The van der Waals surface area contributed by atoms with Gasteiger partial charge in [0.15, 0.2) is 0 Å². The minimum Gasteiger partial charge on any atom is -0.369 e. The van der Waals surface area contributed by atoms with Crippen molar-refractivity contribution in [2.75, 3.05) is 18.4 Å². The average molecular weight is 263 g/mol. The van der Waals surface area contributed by atoms with E-state index in [1.807, 2.05) is 0 Å². The maximum Gasteiger partial charge on any atom is 0.271 e. The van der Waals surface area contributed by atoms with Gasteiger partial charge in [0.25, 0.3) is 5.91 Å². The number of rotatable bonds is 5. The zero-order chi connectivity index (χ0) is 13.7. The van der Waals surface area contributed by atoms with Crippen LogP contribution in [0.2, 0.25) is 0 Å². The Morgan fingerprint density at radius 2 is 2.32 bits per heavy atom. The summed E-state index contributed by atoms with van der Waals surface area (Å²) in [7, 11) is 0. The van der Waals surface area contributed by atoms with E-state index in [1.54, 1.807) is 0 Å². The molecule has 0 spiro atoms. The van der Waals surface area contributed by atoms with Crippen LogP contribution in [0.1, 0.15) is 30.3 Å². The first kappa shape index (κ1) is 13.3. The molecule has 2 rings (SSSR count). The molecule has 102 valence electrons. The SMILES string of the molecule is CCCNc1cnc(C(=O)NC2CNC(=O)C2)cn1. The first-order chi connectivity index (χ1) is 9.19. The minimum absolute atomic E-state index is 0.0458. The molecule has 2 amide bonds. The number of anilines is 1. The van der Waals surface area contributed by atoms with Crippen molar-refractivity contribution < 1.29 is 9.59 Å². The van der Waals surface area contributed by atoms with Gasteiger partial charge in [-0.05, 0) is 6.42 Å². The summed E-state index contributed by atoms with van der Waals surface area (Å²) in [4.78, 5) is 31.0. The Labute approximate surface area is 111 Å². The monoisotopic (exact) mass is 263 g/mol. The molecule has 0 saturated carbocycles. The molecule has 3 N–H and O–H groups in total. The number of nitrogens with one attached hydrogen (secondary N) is 3. The summed E-state index contributed by atoms with van der Waals surface area (Å²) < 4.78 is 0. The van der Waals surface area contributed by atoms with Gasteiger partial charge in [-0.3, -0.25) is 9.59 Å². The second-order valence-corrected chi connectivity index (χ2v) is 4.39. The van der Waals surface area contributed by atoms with Crippen molar-refractivity contribution in [2.45, 2.75) is 25.8 Å². The maximum absolute atomic E-state index is 11.9. The molecule has 0 aliphatic carbocycles. The summed E-state index contributed by atoms with van der Waals surface area (Å²) in [5.41, 5.74) is 0.251. The Hall–Kier alpha value is -2.18. The van der Waals surface area contributed by atoms with Crippen LogP contribution in [0, 0.1) is 0 Å². The lowest BCUT2D eigenvalue weighted by Gasteiger charge is -2.10. The molecule has 1 unspecified atom stereocenters. The average Bonchev–Trinajstić information content (AvgIpc) is 2.82. The lowest BCUT2D eigenvalue weighted by Crippen LogP contribution is -2.36. The third-order valence-corrected chi connectivity index (χ3v) is 2.75. The van der Waals surface area contributed by atoms with Gasteiger partial charge in [0, 0.05) is 19.5 Å². The van der Waals surface area contributed by atoms with Gasteiger partial charge in [-0.1, -0.05) is 6.92 Å². The van der Waals surface area contributed by atoms with Crippen LogP contribution >= 0.6 is 0 Å². The fourth-order valence-electron chi connectivity index (χ4n) is 1.76. The van der Waals surface area contributed by atoms with Crippen LogP contribution in [0.25, 0.3) is 0 Å². The fraction of sp³-hybridized carbons (Fsp3) is 0.500. The molecule has 0 bridgehead atoms. The van der Waals surface area contributed by atoms with Crippen LogP contribution in [-0.2, 0) is 4.79 Å². The molecule has 0 radical (unpaired) electrons. The summed E-state index contributed by atoms with van der Waals surface area (Å²) in [6.07, 6.45) is 4.27. The van der Waals surface area contributed by atoms with Gasteiger partial charge in [-0.25, -0.2) is 9.97 Å². The molecular weight excluding hydrogens is 246 g/mol. The van der Waals surface area contributed by atoms with E-state index < -0.39 is 0 Å². The largest absolute Gasteiger partial charge is 0.369 e. The lowest BCUT2D eigenvalue weighted by atomic mass is 10.2. The Balaban J connectivity index is 1.90. The predicted molar refractivity (Wildman–Crippen MR) is 69.7 cm³/mol. The van der Waals surface area contributed by atoms with Crippen molar-refractivity contribution in [3.8, 4) is 0 Å². The fourth-order valence-corrected chi connectivity index (χ4v) is 1.76. The highest BCUT2D eigenvalue weighted by molar-refractivity contribution is 5.93. The van der Waals surface area contributed by atoms with Gasteiger partial charge in [0.05, 0.1) is 18.4 Å². The third-order valence-electron chi connectivity index (χ3n) is 2.75. The van der Waals surface area contributed by atoms with Crippen LogP contribution in [0.5, 0.6) is 0 Å². The van der Waals surface area contributed by atoms with Crippen LogP contribution < -0.4 is 16.0 Å². The van der Waals surface area contributed by atoms with Gasteiger partial charge in [0.1, 0.15) is 11.5 Å². The molecule has 1 saturated heterocycles. The van der Waals surface area contributed by atoms with Crippen molar-refractivity contribution in [3.05, 3.63) is 18.1 Å². The van der Waals surface area contributed by atoms with E-state index in [0.29, 0.717) is 18.8 Å². The Bertz CT molecular complexity index is 460. The molecule has 1 aliphatic rings. The second kappa shape index (κ2) is 6.12. The number of amides is 2. The van der Waals surface area contributed by atoms with E-state index >= 15 is 0 Å². The Kier molecular flexibility index (Phi) is 4.27. The van der Waals surface area contributed by atoms with Crippen molar-refractivity contribution in [1.29, 1.82) is 0 Å². The number of aromatic nitrogens is 2. The van der Waals surface area contributed by atoms with E-state index in [2.05, 4.69) is 32.8 Å². The molecule has 1 aromatic rings. The number of carbonyl (C=O) groups is 2. The first-order valence-electron chi connectivity index (χ1n) is 6.32. The maximum atomic E-state index is 11.9. The quantitative estimate of drug-likeness (QED) is 0.690. The van der Waals surface area contributed by atoms with Crippen LogP contribution in [0.15, 0.2) is 12.4 Å². The van der Waals surface area contributed by atoms with Gasteiger partial charge in [-0.2, -0.15) is 0 Å². The molecule has 1 atom stereocenters. The molecule has 19 heavy (non-hydrogen) atoms. The number of hydrogen-bond acceptors (Lipinski definition) is 5. The minimum atomic E-state index is -0.309. The first-order valence-corrected chi connectivity index (χ1v) is 6.32. The second-order valence-electron chi connectivity index (χ2n) is 4.39. The van der Waals surface area contributed by atoms with Gasteiger partial charge in [0.2, 0.25) is 5.91 Å². The lowest BCUT2D eigenvalue weighted by molar-refractivity contribution is -0.119. The zero-order valence-electron chi connectivity index (χ0n) is 10.8.